The van der Waals surface area contributed by atoms with E-state index in [9.17, 15) is 4.79 Å². The minimum Gasteiger partial charge on any atom is -0.361 e. The molecule has 1 amide bonds. The lowest BCUT2D eigenvalue weighted by molar-refractivity contribution is 0.0952. The average molecular weight is 217 g/mol. The number of nitrogens with zero attached hydrogens (tertiary/aromatic N) is 1. The fraction of sp³-hybridized carbons (Fsp3) is 0.556. The number of hydrogen-bond acceptors (Lipinski definition) is 3. The van der Waals surface area contributed by atoms with Crippen LogP contribution in [-0.4, -0.2) is 23.0 Å². The summed E-state index contributed by atoms with van der Waals surface area (Å²) in [5.41, 5.74) is 0.479. The molecule has 4 nitrogen and oxygen atoms in total. The molecule has 1 aromatic rings. The van der Waals surface area contributed by atoms with Crippen LogP contribution in [0.3, 0.4) is 0 Å². The molecule has 0 aromatic carbocycles. The molecule has 0 aliphatic heterocycles. The number of hydrogen-bond donors (Lipinski definition) is 1. The first-order valence-corrected chi connectivity index (χ1v) is 4.88. The molecule has 1 unspecified atom stereocenters. The molecule has 0 fully saturated rings. The summed E-state index contributed by atoms with van der Waals surface area (Å²) in [6.07, 6.45) is 2.16. The van der Waals surface area contributed by atoms with Gasteiger partial charge in [0.1, 0.15) is 11.3 Å². The maximum absolute atomic E-state index is 11.5. The third-order valence-electron chi connectivity index (χ3n) is 1.82. The van der Waals surface area contributed by atoms with Crippen molar-refractivity contribution in [1.82, 2.24) is 10.5 Å². The van der Waals surface area contributed by atoms with Crippen molar-refractivity contribution in [3.8, 4) is 0 Å². The predicted molar refractivity (Wildman–Crippen MR) is 53.5 cm³/mol. The molecule has 1 heterocycles. The lowest BCUT2D eigenvalue weighted by atomic mass is 10.2. The molecule has 0 saturated heterocycles. The highest BCUT2D eigenvalue weighted by Gasteiger charge is 2.11. The van der Waals surface area contributed by atoms with Crippen molar-refractivity contribution in [2.24, 2.45) is 0 Å². The number of alkyl halides is 1. The molecule has 0 bridgehead atoms. The number of carbonyl (C=O) groups is 1. The van der Waals surface area contributed by atoms with E-state index in [1.807, 2.05) is 6.92 Å². The normalized spacial score (nSPS) is 12.5. The van der Waals surface area contributed by atoms with Crippen LogP contribution >= 0.6 is 11.6 Å². The van der Waals surface area contributed by atoms with Crippen molar-refractivity contribution in [2.45, 2.75) is 25.6 Å². The predicted octanol–water partition coefficient (Wildman–Crippen LogP) is 1.73. The summed E-state index contributed by atoms with van der Waals surface area (Å²) in [5, 5.41) is 6.33. The second-order valence-corrected chi connectivity index (χ2v) is 3.87. The van der Waals surface area contributed by atoms with Gasteiger partial charge in [-0.1, -0.05) is 5.16 Å². The van der Waals surface area contributed by atoms with Gasteiger partial charge in [0.2, 0.25) is 0 Å². The second kappa shape index (κ2) is 5.00. The van der Waals surface area contributed by atoms with E-state index in [1.54, 1.807) is 6.92 Å². The highest BCUT2D eigenvalue weighted by Crippen LogP contribution is 2.05. The lowest BCUT2D eigenvalue weighted by Gasteiger charge is -2.04. The van der Waals surface area contributed by atoms with Crippen LogP contribution in [0.1, 0.15) is 29.5 Å². The van der Waals surface area contributed by atoms with Gasteiger partial charge in [-0.2, -0.15) is 0 Å². The number of aromatic nitrogens is 1. The summed E-state index contributed by atoms with van der Waals surface area (Å²) in [6.45, 7) is 4.15. The minimum atomic E-state index is -0.166. The van der Waals surface area contributed by atoms with E-state index in [0.29, 0.717) is 17.9 Å². The molecule has 5 heteroatoms. The van der Waals surface area contributed by atoms with Crippen molar-refractivity contribution in [3.63, 3.8) is 0 Å². The zero-order chi connectivity index (χ0) is 10.6. The molecule has 0 saturated carbocycles. The fourth-order valence-electron chi connectivity index (χ4n) is 0.997. The Hall–Kier alpha value is -1.03. The maximum Gasteiger partial charge on any atom is 0.256 e. The maximum atomic E-state index is 11.5. The van der Waals surface area contributed by atoms with E-state index in [4.69, 9.17) is 16.1 Å². The number of nitrogens with one attached hydrogen (secondary N) is 1. The van der Waals surface area contributed by atoms with Gasteiger partial charge in [0.05, 0.1) is 6.20 Å². The molecule has 0 aliphatic rings. The van der Waals surface area contributed by atoms with Crippen LogP contribution in [0.4, 0.5) is 0 Å². The first-order chi connectivity index (χ1) is 6.61. The van der Waals surface area contributed by atoms with E-state index < -0.39 is 0 Å². The first-order valence-electron chi connectivity index (χ1n) is 4.45. The second-order valence-electron chi connectivity index (χ2n) is 3.12. The lowest BCUT2D eigenvalue weighted by Crippen LogP contribution is -2.25. The smallest absolute Gasteiger partial charge is 0.256 e. The Balaban J connectivity index is 2.40. The Morgan fingerprint density at radius 2 is 2.50 bits per heavy atom. The Labute approximate surface area is 87.6 Å². The monoisotopic (exact) mass is 216 g/mol. The number of halogens is 1. The summed E-state index contributed by atoms with van der Waals surface area (Å²) < 4.78 is 4.78. The third kappa shape index (κ3) is 3.03. The van der Waals surface area contributed by atoms with Crippen LogP contribution in [0.15, 0.2) is 10.7 Å². The standard InChI is InChI=1S/C9H13ClN2O2/c1-6(10)3-4-11-9(13)8-5-12-14-7(8)2/h5-6H,3-4H2,1-2H3,(H,11,13). The van der Waals surface area contributed by atoms with Crippen LogP contribution in [-0.2, 0) is 0 Å². The molecule has 1 atom stereocenters. The van der Waals surface area contributed by atoms with E-state index in [0.717, 1.165) is 6.42 Å². The quantitative estimate of drug-likeness (QED) is 0.780. The van der Waals surface area contributed by atoms with Crippen LogP contribution in [0.5, 0.6) is 0 Å². The zero-order valence-electron chi connectivity index (χ0n) is 8.21. The van der Waals surface area contributed by atoms with Gasteiger partial charge >= 0.3 is 0 Å². The van der Waals surface area contributed by atoms with Gasteiger partial charge in [-0.25, -0.2) is 0 Å². The molecule has 1 N–H and O–H groups in total. The summed E-state index contributed by atoms with van der Waals surface area (Å²) in [5.74, 6) is 0.363. The van der Waals surface area contributed by atoms with Crippen molar-refractivity contribution in [3.05, 3.63) is 17.5 Å². The Morgan fingerprint density at radius 1 is 1.79 bits per heavy atom. The largest absolute Gasteiger partial charge is 0.361 e. The van der Waals surface area contributed by atoms with Gasteiger partial charge in [0.15, 0.2) is 0 Å². The number of amides is 1. The summed E-state index contributed by atoms with van der Waals surface area (Å²) >= 11 is 5.74. The topological polar surface area (TPSA) is 55.1 Å². The molecule has 0 radical (unpaired) electrons. The van der Waals surface area contributed by atoms with Crippen LogP contribution < -0.4 is 5.32 Å². The van der Waals surface area contributed by atoms with Gasteiger partial charge in [-0.3, -0.25) is 4.79 Å². The van der Waals surface area contributed by atoms with Crippen LogP contribution in [0.25, 0.3) is 0 Å². The van der Waals surface area contributed by atoms with Crippen molar-refractivity contribution in [2.75, 3.05) is 6.54 Å². The Morgan fingerprint density at radius 3 is 3.00 bits per heavy atom. The van der Waals surface area contributed by atoms with E-state index in [1.165, 1.54) is 6.20 Å². The molecule has 0 aliphatic carbocycles. The Kier molecular flexibility index (Phi) is 3.95. The van der Waals surface area contributed by atoms with E-state index >= 15 is 0 Å². The first kappa shape index (κ1) is 11.0. The molecule has 1 aromatic heterocycles. The van der Waals surface area contributed by atoms with Crippen LogP contribution in [0.2, 0.25) is 0 Å². The van der Waals surface area contributed by atoms with Crippen LogP contribution in [0, 0.1) is 6.92 Å². The zero-order valence-corrected chi connectivity index (χ0v) is 8.97. The van der Waals surface area contributed by atoms with E-state index in [2.05, 4.69) is 10.5 Å². The highest BCUT2D eigenvalue weighted by atomic mass is 35.5. The van der Waals surface area contributed by atoms with Crippen molar-refractivity contribution >= 4 is 17.5 Å². The third-order valence-corrected chi connectivity index (χ3v) is 2.04. The number of aryl methyl sites for hydroxylation is 1. The summed E-state index contributed by atoms with van der Waals surface area (Å²) in [7, 11) is 0. The average Bonchev–Trinajstić information content (AvgIpc) is 2.50. The summed E-state index contributed by atoms with van der Waals surface area (Å²) in [4.78, 5) is 11.5. The number of carbonyl (C=O) groups excluding carboxylic acids is 1. The fourth-order valence-corrected chi connectivity index (χ4v) is 1.11. The minimum absolute atomic E-state index is 0.0684. The molecule has 0 spiro atoms. The molecule has 1 rings (SSSR count). The van der Waals surface area contributed by atoms with Gasteiger partial charge in [-0.05, 0) is 20.3 Å². The SMILES string of the molecule is Cc1oncc1C(=O)NCCC(C)Cl. The summed E-state index contributed by atoms with van der Waals surface area (Å²) in [6, 6.07) is 0. The number of rotatable bonds is 4. The van der Waals surface area contributed by atoms with Crippen molar-refractivity contribution in [1.29, 1.82) is 0 Å². The molecular formula is C9H13ClN2O2. The van der Waals surface area contributed by atoms with Crippen molar-refractivity contribution < 1.29 is 9.32 Å². The van der Waals surface area contributed by atoms with Gasteiger partial charge in [-0.15, -0.1) is 11.6 Å². The van der Waals surface area contributed by atoms with Gasteiger partial charge in [0.25, 0.3) is 5.91 Å². The molecule has 78 valence electrons. The molecule has 14 heavy (non-hydrogen) atoms. The van der Waals surface area contributed by atoms with Gasteiger partial charge in [0, 0.05) is 11.9 Å². The highest BCUT2D eigenvalue weighted by molar-refractivity contribution is 6.20. The van der Waals surface area contributed by atoms with Gasteiger partial charge < -0.3 is 9.84 Å². The Bertz CT molecular complexity index is 310. The molecular weight excluding hydrogens is 204 g/mol. The van der Waals surface area contributed by atoms with E-state index in [-0.39, 0.29) is 11.3 Å².